The summed E-state index contributed by atoms with van der Waals surface area (Å²) in [6.45, 7) is 3.92. The van der Waals surface area contributed by atoms with Crippen LogP contribution in [0.1, 0.15) is 36.0 Å². The molecule has 0 bridgehead atoms. The fourth-order valence-corrected chi connectivity index (χ4v) is 1.90. The first-order valence-electron chi connectivity index (χ1n) is 5.60. The lowest BCUT2D eigenvalue weighted by atomic mass is 9.94. The largest absolute Gasteiger partial charge is 0.476 e. The van der Waals surface area contributed by atoms with Crippen LogP contribution in [-0.2, 0) is 6.54 Å². The van der Waals surface area contributed by atoms with Crippen molar-refractivity contribution in [1.29, 1.82) is 0 Å². The quantitative estimate of drug-likeness (QED) is 0.809. The van der Waals surface area contributed by atoms with Gasteiger partial charge >= 0.3 is 5.97 Å². The second kappa shape index (κ2) is 4.46. The third kappa shape index (κ3) is 3.04. The number of carboxylic acids is 1. The molecule has 1 aliphatic rings. The van der Waals surface area contributed by atoms with Crippen LogP contribution in [0.5, 0.6) is 0 Å². The van der Waals surface area contributed by atoms with E-state index in [1.165, 1.54) is 6.07 Å². The number of nitrogens with zero attached hydrogens (tertiary/aromatic N) is 2. The first kappa shape index (κ1) is 12.1. The minimum absolute atomic E-state index is 0.0657. The predicted molar refractivity (Wildman–Crippen MR) is 58.6 cm³/mol. The molecule has 0 amide bonds. The number of aromatic carboxylic acids is 1. The van der Waals surface area contributed by atoms with Gasteiger partial charge in [0.05, 0.1) is 12.1 Å². The van der Waals surface area contributed by atoms with Crippen LogP contribution in [0.4, 0.5) is 0 Å². The number of carboxylic acid groups (broad SMARTS) is 1. The molecule has 0 unspecified atom stereocenters. The van der Waals surface area contributed by atoms with Gasteiger partial charge in [-0.1, -0.05) is 5.16 Å². The molecule has 2 rings (SSSR count). The first-order valence-corrected chi connectivity index (χ1v) is 5.60. The summed E-state index contributed by atoms with van der Waals surface area (Å²) in [6, 6.07) is 1.44. The highest BCUT2D eigenvalue weighted by atomic mass is 16.5. The molecule has 0 saturated carbocycles. The first-order chi connectivity index (χ1) is 7.96. The summed E-state index contributed by atoms with van der Waals surface area (Å²) in [5, 5.41) is 22.0. The number of aliphatic hydroxyl groups is 1. The number of likely N-dealkylation sites (tertiary alicyclic amines) is 1. The number of hydrogen-bond acceptors (Lipinski definition) is 5. The lowest BCUT2D eigenvalue weighted by Crippen LogP contribution is -2.41. The Morgan fingerprint density at radius 1 is 1.59 bits per heavy atom. The summed E-state index contributed by atoms with van der Waals surface area (Å²) in [5.74, 6) is -0.537. The van der Waals surface area contributed by atoms with E-state index < -0.39 is 11.6 Å². The molecular weight excluding hydrogens is 224 g/mol. The van der Waals surface area contributed by atoms with Crippen molar-refractivity contribution >= 4 is 5.97 Å². The molecule has 1 aromatic heterocycles. The number of piperidine rings is 1. The van der Waals surface area contributed by atoms with Crippen molar-refractivity contribution < 1.29 is 19.5 Å². The molecule has 2 heterocycles. The number of rotatable bonds is 3. The van der Waals surface area contributed by atoms with Gasteiger partial charge in [-0.05, 0) is 19.8 Å². The maximum Gasteiger partial charge on any atom is 0.358 e. The van der Waals surface area contributed by atoms with Crippen molar-refractivity contribution in [3.05, 3.63) is 17.5 Å². The van der Waals surface area contributed by atoms with E-state index in [1.807, 2.05) is 6.92 Å². The average Bonchev–Trinajstić information content (AvgIpc) is 2.70. The Kier molecular flexibility index (Phi) is 3.17. The molecule has 1 fully saturated rings. The van der Waals surface area contributed by atoms with E-state index in [9.17, 15) is 9.90 Å². The molecule has 94 valence electrons. The molecule has 17 heavy (non-hydrogen) atoms. The van der Waals surface area contributed by atoms with Gasteiger partial charge in [-0.25, -0.2) is 4.79 Å². The van der Waals surface area contributed by atoms with E-state index in [0.717, 1.165) is 13.1 Å². The highest BCUT2D eigenvalue weighted by Crippen LogP contribution is 2.22. The molecule has 2 N–H and O–H groups in total. The van der Waals surface area contributed by atoms with E-state index in [2.05, 4.69) is 10.1 Å². The third-order valence-electron chi connectivity index (χ3n) is 3.09. The van der Waals surface area contributed by atoms with E-state index in [-0.39, 0.29) is 5.69 Å². The van der Waals surface area contributed by atoms with Gasteiger partial charge < -0.3 is 14.7 Å². The second-order valence-electron chi connectivity index (χ2n) is 4.76. The van der Waals surface area contributed by atoms with Crippen LogP contribution in [0.15, 0.2) is 10.6 Å². The monoisotopic (exact) mass is 240 g/mol. The normalized spacial score (nSPS) is 20.4. The Labute approximate surface area is 98.8 Å². The van der Waals surface area contributed by atoms with Crippen molar-refractivity contribution in [1.82, 2.24) is 10.1 Å². The zero-order chi connectivity index (χ0) is 12.5. The van der Waals surface area contributed by atoms with E-state index in [0.29, 0.717) is 25.1 Å². The van der Waals surface area contributed by atoms with Gasteiger partial charge in [0.2, 0.25) is 0 Å². The Balaban J connectivity index is 1.91. The standard InChI is InChI=1S/C11H16N2O4/c1-11(16)2-4-13(5-3-11)7-8-6-9(10(14)15)12-17-8/h6,16H,2-5,7H2,1H3,(H,14,15). The smallest absolute Gasteiger partial charge is 0.358 e. The predicted octanol–water partition coefficient (Wildman–Crippen LogP) is 0.720. The average molecular weight is 240 g/mol. The van der Waals surface area contributed by atoms with Crippen LogP contribution in [0, 0.1) is 0 Å². The zero-order valence-electron chi connectivity index (χ0n) is 9.72. The molecule has 1 aliphatic heterocycles. The van der Waals surface area contributed by atoms with Crippen LogP contribution in [0.25, 0.3) is 0 Å². The summed E-state index contributed by atoms with van der Waals surface area (Å²) >= 11 is 0. The molecule has 6 heteroatoms. The van der Waals surface area contributed by atoms with Crippen LogP contribution >= 0.6 is 0 Å². The minimum atomic E-state index is -1.08. The van der Waals surface area contributed by atoms with Gasteiger partial charge in [0, 0.05) is 19.2 Å². The maximum absolute atomic E-state index is 10.6. The fraction of sp³-hybridized carbons (Fsp3) is 0.636. The molecule has 0 spiro atoms. The van der Waals surface area contributed by atoms with Gasteiger partial charge in [0.15, 0.2) is 11.5 Å². The Bertz CT molecular complexity index is 403. The number of carbonyl (C=O) groups is 1. The summed E-state index contributed by atoms with van der Waals surface area (Å²) in [5.41, 5.74) is -0.645. The SMILES string of the molecule is CC1(O)CCN(Cc2cc(C(=O)O)no2)CC1. The van der Waals surface area contributed by atoms with Crippen LogP contribution in [0.3, 0.4) is 0 Å². The van der Waals surface area contributed by atoms with Crippen molar-refractivity contribution in [2.24, 2.45) is 0 Å². The number of hydrogen-bond donors (Lipinski definition) is 2. The van der Waals surface area contributed by atoms with E-state index in [1.54, 1.807) is 0 Å². The topological polar surface area (TPSA) is 86.8 Å². The fourth-order valence-electron chi connectivity index (χ4n) is 1.90. The highest BCUT2D eigenvalue weighted by Gasteiger charge is 2.27. The number of aromatic nitrogens is 1. The van der Waals surface area contributed by atoms with E-state index >= 15 is 0 Å². The molecular formula is C11H16N2O4. The van der Waals surface area contributed by atoms with Gasteiger partial charge in [-0.2, -0.15) is 0 Å². The van der Waals surface area contributed by atoms with Crippen molar-refractivity contribution in [2.75, 3.05) is 13.1 Å². The minimum Gasteiger partial charge on any atom is -0.476 e. The van der Waals surface area contributed by atoms with Gasteiger partial charge in [0.25, 0.3) is 0 Å². The summed E-state index contributed by atoms with van der Waals surface area (Å²) in [7, 11) is 0. The Morgan fingerprint density at radius 3 is 2.76 bits per heavy atom. The van der Waals surface area contributed by atoms with Gasteiger partial charge in [0.1, 0.15) is 0 Å². The van der Waals surface area contributed by atoms with E-state index in [4.69, 9.17) is 9.63 Å². The Morgan fingerprint density at radius 2 is 2.24 bits per heavy atom. The zero-order valence-corrected chi connectivity index (χ0v) is 9.72. The Hall–Kier alpha value is -1.40. The van der Waals surface area contributed by atoms with Gasteiger partial charge in [-0.15, -0.1) is 0 Å². The van der Waals surface area contributed by atoms with Crippen LogP contribution in [0.2, 0.25) is 0 Å². The van der Waals surface area contributed by atoms with Gasteiger partial charge in [-0.3, -0.25) is 4.90 Å². The molecule has 0 aliphatic carbocycles. The summed E-state index contributed by atoms with van der Waals surface area (Å²) < 4.78 is 4.95. The second-order valence-corrected chi connectivity index (χ2v) is 4.76. The maximum atomic E-state index is 10.6. The van der Waals surface area contributed by atoms with Crippen molar-refractivity contribution in [3.8, 4) is 0 Å². The molecule has 1 aromatic rings. The molecule has 0 radical (unpaired) electrons. The summed E-state index contributed by atoms with van der Waals surface area (Å²) in [6.07, 6.45) is 1.43. The van der Waals surface area contributed by atoms with Crippen LogP contribution < -0.4 is 0 Å². The van der Waals surface area contributed by atoms with Crippen molar-refractivity contribution in [3.63, 3.8) is 0 Å². The lowest BCUT2D eigenvalue weighted by molar-refractivity contribution is -0.00907. The highest BCUT2D eigenvalue weighted by molar-refractivity contribution is 5.85. The lowest BCUT2D eigenvalue weighted by Gasteiger charge is -2.35. The molecule has 0 atom stereocenters. The third-order valence-corrected chi connectivity index (χ3v) is 3.09. The van der Waals surface area contributed by atoms with Crippen LogP contribution in [-0.4, -0.2) is 44.9 Å². The molecule has 6 nitrogen and oxygen atoms in total. The summed E-state index contributed by atoms with van der Waals surface area (Å²) in [4.78, 5) is 12.7. The molecule has 0 aromatic carbocycles. The van der Waals surface area contributed by atoms with Crippen molar-refractivity contribution in [2.45, 2.75) is 31.9 Å². The molecule has 1 saturated heterocycles.